The molecule has 3 nitrogen and oxygen atoms in total. The van der Waals surface area contributed by atoms with Crippen LogP contribution in [0.1, 0.15) is 18.7 Å². The van der Waals surface area contributed by atoms with Crippen molar-refractivity contribution in [2.75, 3.05) is 5.73 Å². The zero-order valence-electron chi connectivity index (χ0n) is 5.78. The average Bonchev–Trinajstić information content (AvgIpc) is 1.88. The van der Waals surface area contributed by atoms with E-state index in [1.54, 1.807) is 25.3 Å². The fraction of sp³-hybridized carbons (Fsp3) is 0.286. The van der Waals surface area contributed by atoms with Gasteiger partial charge in [0, 0.05) is 6.20 Å². The number of pyridine rings is 1. The molecule has 1 aromatic heterocycles. The molecule has 54 valence electrons. The van der Waals surface area contributed by atoms with Crippen molar-refractivity contribution in [2.24, 2.45) is 0 Å². The van der Waals surface area contributed by atoms with Gasteiger partial charge in [-0.2, -0.15) is 0 Å². The van der Waals surface area contributed by atoms with Crippen molar-refractivity contribution in [1.29, 1.82) is 0 Å². The summed E-state index contributed by atoms with van der Waals surface area (Å²) in [5, 5.41) is 9.06. The van der Waals surface area contributed by atoms with E-state index in [0.717, 1.165) is 0 Å². The largest absolute Gasteiger partial charge is 0.397 e. The lowest BCUT2D eigenvalue weighted by atomic mass is 10.2. The lowest BCUT2D eigenvalue weighted by Gasteiger charge is -2.04. The number of nitrogens with zero attached hydrogens (tertiary/aromatic N) is 1. The summed E-state index contributed by atoms with van der Waals surface area (Å²) in [4.78, 5) is 3.90. The zero-order valence-corrected chi connectivity index (χ0v) is 5.78. The van der Waals surface area contributed by atoms with Gasteiger partial charge in [-0.3, -0.25) is 4.98 Å². The Hall–Kier alpha value is -1.09. The van der Waals surface area contributed by atoms with Gasteiger partial charge in [-0.15, -0.1) is 0 Å². The molecule has 0 saturated carbocycles. The molecule has 0 fully saturated rings. The van der Waals surface area contributed by atoms with Crippen LogP contribution in [0.2, 0.25) is 0 Å². The summed E-state index contributed by atoms with van der Waals surface area (Å²) in [6.07, 6.45) is 1.03. The summed E-state index contributed by atoms with van der Waals surface area (Å²) in [5.74, 6) is 0. The van der Waals surface area contributed by atoms with Crippen LogP contribution in [0.5, 0.6) is 0 Å². The molecular weight excluding hydrogens is 128 g/mol. The number of aliphatic hydroxyl groups is 1. The van der Waals surface area contributed by atoms with Gasteiger partial charge in [0.1, 0.15) is 0 Å². The quantitative estimate of drug-likeness (QED) is 0.601. The zero-order chi connectivity index (χ0) is 7.56. The molecule has 1 heterocycles. The highest BCUT2D eigenvalue weighted by Gasteiger charge is 2.04. The summed E-state index contributed by atoms with van der Waals surface area (Å²) >= 11 is 0. The highest BCUT2D eigenvalue weighted by Crippen LogP contribution is 2.14. The van der Waals surface area contributed by atoms with Crippen molar-refractivity contribution in [2.45, 2.75) is 13.0 Å². The molecular formula is C7H10N2O. The first-order valence-electron chi connectivity index (χ1n) is 3.10. The Kier molecular flexibility index (Phi) is 1.87. The maximum atomic E-state index is 9.06. The summed E-state index contributed by atoms with van der Waals surface area (Å²) in [6.45, 7) is 1.64. The van der Waals surface area contributed by atoms with Crippen LogP contribution in [-0.2, 0) is 0 Å². The molecule has 0 aliphatic carbocycles. The topological polar surface area (TPSA) is 59.1 Å². The number of nitrogens with two attached hydrogens (primary N) is 1. The molecule has 0 aliphatic heterocycles. The second-order valence-electron chi connectivity index (χ2n) is 2.15. The first kappa shape index (κ1) is 7.02. The van der Waals surface area contributed by atoms with Crippen LogP contribution in [0, 0.1) is 0 Å². The Bertz CT molecular complexity index is 223. The minimum atomic E-state index is -0.582. The second-order valence-corrected chi connectivity index (χ2v) is 2.15. The lowest BCUT2D eigenvalue weighted by Crippen LogP contribution is -2.00. The summed E-state index contributed by atoms with van der Waals surface area (Å²) in [6, 6.07) is 3.45. The normalized spacial score (nSPS) is 13.0. The van der Waals surface area contributed by atoms with Crippen LogP contribution in [0.15, 0.2) is 18.3 Å². The number of nitrogen functional groups attached to an aromatic ring is 1. The fourth-order valence-electron chi connectivity index (χ4n) is 0.779. The first-order chi connectivity index (χ1) is 4.72. The van der Waals surface area contributed by atoms with Crippen molar-refractivity contribution in [1.82, 2.24) is 4.98 Å². The van der Waals surface area contributed by atoms with E-state index in [9.17, 15) is 0 Å². The van der Waals surface area contributed by atoms with Gasteiger partial charge in [-0.05, 0) is 19.1 Å². The van der Waals surface area contributed by atoms with Gasteiger partial charge in [-0.1, -0.05) is 0 Å². The number of hydrogen-bond acceptors (Lipinski definition) is 3. The Morgan fingerprint density at radius 3 is 2.80 bits per heavy atom. The van der Waals surface area contributed by atoms with Crippen molar-refractivity contribution >= 4 is 5.69 Å². The highest BCUT2D eigenvalue weighted by molar-refractivity contribution is 5.42. The summed E-state index contributed by atoms with van der Waals surface area (Å²) < 4.78 is 0. The third-order valence-electron chi connectivity index (χ3n) is 1.27. The molecule has 3 N–H and O–H groups in total. The minimum Gasteiger partial charge on any atom is -0.397 e. The number of hydrogen-bond donors (Lipinski definition) is 2. The number of rotatable bonds is 1. The smallest absolute Gasteiger partial charge is 0.0952 e. The fourth-order valence-corrected chi connectivity index (χ4v) is 0.779. The maximum absolute atomic E-state index is 9.06. The molecule has 0 spiro atoms. The first-order valence-corrected chi connectivity index (χ1v) is 3.10. The van der Waals surface area contributed by atoms with Crippen molar-refractivity contribution < 1.29 is 5.11 Å². The third-order valence-corrected chi connectivity index (χ3v) is 1.27. The number of anilines is 1. The third kappa shape index (κ3) is 1.25. The van der Waals surface area contributed by atoms with E-state index in [4.69, 9.17) is 10.8 Å². The van der Waals surface area contributed by atoms with Gasteiger partial charge in [0.05, 0.1) is 17.5 Å². The van der Waals surface area contributed by atoms with Gasteiger partial charge in [0.25, 0.3) is 0 Å². The molecule has 3 heteroatoms. The highest BCUT2D eigenvalue weighted by atomic mass is 16.3. The van der Waals surface area contributed by atoms with E-state index in [2.05, 4.69) is 4.98 Å². The van der Waals surface area contributed by atoms with Crippen molar-refractivity contribution in [3.8, 4) is 0 Å². The molecule has 1 atom stereocenters. The van der Waals surface area contributed by atoms with Gasteiger partial charge in [-0.25, -0.2) is 0 Å². The van der Waals surface area contributed by atoms with E-state index in [1.807, 2.05) is 0 Å². The van der Waals surface area contributed by atoms with E-state index >= 15 is 0 Å². The molecule has 0 amide bonds. The Balaban J connectivity index is 3.03. The number of aromatic nitrogens is 1. The summed E-state index contributed by atoms with van der Waals surface area (Å²) in [7, 11) is 0. The van der Waals surface area contributed by atoms with E-state index in [-0.39, 0.29) is 0 Å². The van der Waals surface area contributed by atoms with Crippen LogP contribution >= 0.6 is 0 Å². The predicted octanol–water partition coefficient (Wildman–Crippen LogP) is 0.717. The molecule has 0 bridgehead atoms. The van der Waals surface area contributed by atoms with Crippen LogP contribution < -0.4 is 5.73 Å². The van der Waals surface area contributed by atoms with Gasteiger partial charge in [0.15, 0.2) is 0 Å². The minimum absolute atomic E-state index is 0.539. The maximum Gasteiger partial charge on any atom is 0.0952 e. The van der Waals surface area contributed by atoms with Crippen LogP contribution in [-0.4, -0.2) is 10.1 Å². The second kappa shape index (κ2) is 2.66. The molecule has 0 radical (unpaired) electrons. The molecule has 0 unspecified atom stereocenters. The lowest BCUT2D eigenvalue weighted by molar-refractivity contribution is 0.195. The standard InChI is InChI=1S/C7H10N2O/c1-5(10)7-6(8)3-2-4-9-7/h2-5,10H,8H2,1H3/t5-/m1/s1. The van der Waals surface area contributed by atoms with Gasteiger partial charge in [0.2, 0.25) is 0 Å². The van der Waals surface area contributed by atoms with Crippen LogP contribution in [0.25, 0.3) is 0 Å². The van der Waals surface area contributed by atoms with Crippen LogP contribution in [0.4, 0.5) is 5.69 Å². The van der Waals surface area contributed by atoms with Crippen molar-refractivity contribution in [3.05, 3.63) is 24.0 Å². The van der Waals surface area contributed by atoms with Crippen LogP contribution in [0.3, 0.4) is 0 Å². The molecule has 1 rings (SSSR count). The van der Waals surface area contributed by atoms with Crippen molar-refractivity contribution in [3.63, 3.8) is 0 Å². The monoisotopic (exact) mass is 138 g/mol. The Labute approximate surface area is 59.5 Å². The van der Waals surface area contributed by atoms with Gasteiger partial charge >= 0.3 is 0 Å². The van der Waals surface area contributed by atoms with Gasteiger partial charge < -0.3 is 10.8 Å². The number of aliphatic hydroxyl groups excluding tert-OH is 1. The average molecular weight is 138 g/mol. The van der Waals surface area contributed by atoms with E-state index in [1.165, 1.54) is 0 Å². The molecule has 0 saturated heterocycles. The Morgan fingerprint density at radius 2 is 2.40 bits per heavy atom. The molecule has 1 aromatic rings. The van der Waals surface area contributed by atoms with E-state index < -0.39 is 6.10 Å². The molecule has 0 aliphatic rings. The molecule has 10 heavy (non-hydrogen) atoms. The predicted molar refractivity (Wildman–Crippen MR) is 39.3 cm³/mol. The Morgan fingerprint density at radius 1 is 1.70 bits per heavy atom. The molecule has 0 aromatic carbocycles. The summed E-state index contributed by atoms with van der Waals surface area (Å²) in [5.41, 5.74) is 6.58. The van der Waals surface area contributed by atoms with E-state index in [0.29, 0.717) is 11.4 Å². The SMILES string of the molecule is C[C@@H](O)c1ncccc1N.